The fourth-order valence-electron chi connectivity index (χ4n) is 3.73. The molecule has 11 heteroatoms. The summed E-state index contributed by atoms with van der Waals surface area (Å²) in [7, 11) is 0. The van der Waals surface area contributed by atoms with Gasteiger partial charge in [0.2, 0.25) is 17.7 Å². The van der Waals surface area contributed by atoms with Crippen LogP contribution in [-0.4, -0.2) is 87.5 Å². The first-order valence-corrected chi connectivity index (χ1v) is 11.6. The number of ether oxygens (including phenoxy) is 1. The summed E-state index contributed by atoms with van der Waals surface area (Å²) in [6.45, 7) is 7.97. The Hall–Kier alpha value is -3.44. The Kier molecular flexibility index (Phi) is 8.13. The Morgan fingerprint density at radius 1 is 1.11 bits per heavy atom. The van der Waals surface area contributed by atoms with Gasteiger partial charge in [0.15, 0.2) is 0 Å². The predicted octanol–water partition coefficient (Wildman–Crippen LogP) is 0.674. The average Bonchev–Trinajstić information content (AvgIpc) is 3.21. The highest BCUT2D eigenvalue weighted by molar-refractivity contribution is 5.90. The quantitative estimate of drug-likeness (QED) is 0.545. The molecule has 190 valence electrons. The van der Waals surface area contributed by atoms with Gasteiger partial charge >= 0.3 is 6.09 Å². The van der Waals surface area contributed by atoms with Crippen molar-refractivity contribution in [3.05, 3.63) is 42.1 Å². The monoisotopic (exact) mass is 486 g/mol. The van der Waals surface area contributed by atoms with Crippen molar-refractivity contribution >= 4 is 17.9 Å². The van der Waals surface area contributed by atoms with E-state index < -0.39 is 36.1 Å². The molecule has 35 heavy (non-hydrogen) atoms. The minimum absolute atomic E-state index is 0.262. The van der Waals surface area contributed by atoms with E-state index in [1.54, 1.807) is 15.6 Å². The van der Waals surface area contributed by atoms with Crippen LogP contribution in [0.25, 0.3) is 5.69 Å². The minimum Gasteiger partial charge on any atom is -0.394 e. The van der Waals surface area contributed by atoms with Crippen molar-refractivity contribution in [1.82, 2.24) is 24.9 Å². The number of carbonyl (C=O) groups is 3. The van der Waals surface area contributed by atoms with Gasteiger partial charge in [-0.2, -0.15) is 5.10 Å². The zero-order valence-electron chi connectivity index (χ0n) is 20.6. The second-order valence-electron chi connectivity index (χ2n) is 9.65. The van der Waals surface area contributed by atoms with Gasteiger partial charge in [0.1, 0.15) is 12.1 Å². The van der Waals surface area contributed by atoms with Crippen LogP contribution in [-0.2, 0) is 9.59 Å². The summed E-state index contributed by atoms with van der Waals surface area (Å²) in [6, 6.07) is 9.14. The van der Waals surface area contributed by atoms with Gasteiger partial charge in [0.05, 0.1) is 18.0 Å². The molecule has 0 unspecified atom stereocenters. The first-order valence-electron chi connectivity index (χ1n) is 11.6. The summed E-state index contributed by atoms with van der Waals surface area (Å²) >= 11 is 0. The normalized spacial score (nSPS) is 15.9. The number of aryl methyl sites for hydroxylation is 1. The number of aromatic nitrogens is 2. The van der Waals surface area contributed by atoms with Crippen LogP contribution in [0.4, 0.5) is 4.79 Å². The van der Waals surface area contributed by atoms with Crippen LogP contribution in [0, 0.1) is 12.3 Å². The third-order valence-corrected chi connectivity index (χ3v) is 5.77. The molecule has 11 nitrogen and oxygen atoms in total. The largest absolute Gasteiger partial charge is 0.416 e. The Labute approximate surface area is 204 Å². The van der Waals surface area contributed by atoms with E-state index >= 15 is 0 Å². The van der Waals surface area contributed by atoms with Crippen molar-refractivity contribution in [2.75, 3.05) is 32.8 Å². The number of piperazine rings is 1. The molecule has 0 spiro atoms. The molecule has 1 aliphatic heterocycles. The standard InChI is InChI=1S/C24H34N6O5/c1-16-14-19(30(27-16)17-8-6-5-7-9-17)35-23(34)29-12-10-28(11-13-29)22(33)20(24(2,3)4)26-21(32)18(25)15-31/h5-9,14,18,20,31H,10-13,15,25H2,1-4H3,(H,26,32)/t18-,20-/m1/s1. The van der Waals surface area contributed by atoms with Crippen LogP contribution in [0.5, 0.6) is 5.88 Å². The molecule has 3 rings (SSSR count). The van der Waals surface area contributed by atoms with E-state index in [0.717, 1.165) is 5.69 Å². The van der Waals surface area contributed by atoms with Crippen LogP contribution >= 0.6 is 0 Å². The minimum atomic E-state index is -1.10. The maximum Gasteiger partial charge on any atom is 0.416 e. The van der Waals surface area contributed by atoms with Crippen molar-refractivity contribution in [2.24, 2.45) is 11.1 Å². The van der Waals surface area contributed by atoms with Gasteiger partial charge in [-0.15, -0.1) is 0 Å². The van der Waals surface area contributed by atoms with Gasteiger partial charge in [0, 0.05) is 32.2 Å². The molecule has 3 amide bonds. The number of carbonyl (C=O) groups excluding carboxylic acids is 3. The molecule has 0 aliphatic carbocycles. The summed E-state index contributed by atoms with van der Waals surface area (Å²) < 4.78 is 7.21. The molecule has 1 aromatic carbocycles. The van der Waals surface area contributed by atoms with Crippen molar-refractivity contribution in [1.29, 1.82) is 0 Å². The molecule has 1 saturated heterocycles. The molecule has 1 aliphatic rings. The van der Waals surface area contributed by atoms with E-state index in [-0.39, 0.29) is 19.0 Å². The second kappa shape index (κ2) is 10.9. The number of hydrogen-bond acceptors (Lipinski definition) is 7. The molecule has 2 atom stereocenters. The van der Waals surface area contributed by atoms with Crippen molar-refractivity contribution in [3.8, 4) is 11.6 Å². The van der Waals surface area contributed by atoms with Crippen LogP contribution < -0.4 is 15.8 Å². The molecule has 2 heterocycles. The predicted molar refractivity (Wildman–Crippen MR) is 129 cm³/mol. The zero-order valence-corrected chi connectivity index (χ0v) is 20.6. The number of amides is 3. The van der Waals surface area contributed by atoms with Crippen LogP contribution in [0.2, 0.25) is 0 Å². The number of aliphatic hydroxyl groups is 1. The number of aliphatic hydroxyl groups excluding tert-OH is 1. The molecule has 0 radical (unpaired) electrons. The average molecular weight is 487 g/mol. The molecule has 4 N–H and O–H groups in total. The smallest absolute Gasteiger partial charge is 0.394 e. The van der Waals surface area contributed by atoms with Gasteiger partial charge in [-0.25, -0.2) is 9.48 Å². The van der Waals surface area contributed by atoms with Gasteiger partial charge in [-0.1, -0.05) is 39.0 Å². The summed E-state index contributed by atoms with van der Waals surface area (Å²) in [5, 5.41) is 16.2. The van der Waals surface area contributed by atoms with Crippen molar-refractivity contribution in [2.45, 2.75) is 39.8 Å². The Bertz CT molecular complexity index is 1040. The highest BCUT2D eigenvalue weighted by Crippen LogP contribution is 2.23. The van der Waals surface area contributed by atoms with E-state index in [1.807, 2.05) is 58.0 Å². The summed E-state index contributed by atoms with van der Waals surface area (Å²) in [4.78, 5) is 41.4. The van der Waals surface area contributed by atoms with E-state index in [0.29, 0.717) is 24.7 Å². The molecular weight excluding hydrogens is 452 g/mol. The summed E-state index contributed by atoms with van der Waals surface area (Å²) in [6.07, 6.45) is -0.524. The Morgan fingerprint density at radius 2 is 1.71 bits per heavy atom. The van der Waals surface area contributed by atoms with Crippen molar-refractivity contribution in [3.63, 3.8) is 0 Å². The first-order chi connectivity index (χ1) is 16.5. The Balaban J connectivity index is 1.63. The third-order valence-electron chi connectivity index (χ3n) is 5.77. The molecule has 1 aromatic heterocycles. The van der Waals surface area contributed by atoms with Crippen LogP contribution in [0.15, 0.2) is 36.4 Å². The topological polar surface area (TPSA) is 143 Å². The molecule has 2 aromatic rings. The van der Waals surface area contributed by atoms with Gasteiger partial charge < -0.3 is 30.7 Å². The van der Waals surface area contributed by atoms with Crippen LogP contribution in [0.3, 0.4) is 0 Å². The molecule has 0 saturated carbocycles. The number of para-hydroxylation sites is 1. The fraction of sp³-hybridized carbons (Fsp3) is 0.500. The van der Waals surface area contributed by atoms with E-state index in [1.165, 1.54) is 4.90 Å². The number of nitrogens with one attached hydrogen (secondary N) is 1. The van der Waals surface area contributed by atoms with Gasteiger partial charge in [0.25, 0.3) is 0 Å². The third kappa shape index (κ3) is 6.37. The van der Waals surface area contributed by atoms with E-state index in [2.05, 4.69) is 10.4 Å². The molecule has 1 fully saturated rings. The molecular formula is C24H34N6O5. The second-order valence-corrected chi connectivity index (χ2v) is 9.65. The number of benzene rings is 1. The van der Waals surface area contributed by atoms with Gasteiger partial charge in [-0.05, 0) is 24.5 Å². The van der Waals surface area contributed by atoms with Gasteiger partial charge in [-0.3, -0.25) is 9.59 Å². The summed E-state index contributed by atoms with van der Waals surface area (Å²) in [5.41, 5.74) is 6.51. The highest BCUT2D eigenvalue weighted by Gasteiger charge is 2.38. The molecule has 0 bridgehead atoms. The summed E-state index contributed by atoms with van der Waals surface area (Å²) in [5.74, 6) is -0.539. The maximum absolute atomic E-state index is 13.2. The lowest BCUT2D eigenvalue weighted by Gasteiger charge is -2.39. The number of nitrogens with two attached hydrogens (primary N) is 1. The number of hydrogen-bond donors (Lipinski definition) is 3. The zero-order chi connectivity index (χ0) is 25.8. The van der Waals surface area contributed by atoms with Crippen LogP contribution in [0.1, 0.15) is 26.5 Å². The van der Waals surface area contributed by atoms with E-state index in [4.69, 9.17) is 15.6 Å². The SMILES string of the molecule is Cc1cc(OC(=O)N2CCN(C(=O)[C@@H](NC(=O)[C@H](N)CO)C(C)(C)C)CC2)n(-c2ccccc2)n1. The lowest BCUT2D eigenvalue weighted by atomic mass is 9.85. The fourth-order valence-corrected chi connectivity index (χ4v) is 3.73. The van der Waals surface area contributed by atoms with Crippen molar-refractivity contribution < 1.29 is 24.2 Å². The lowest BCUT2D eigenvalue weighted by molar-refractivity contribution is -0.141. The lowest BCUT2D eigenvalue weighted by Crippen LogP contribution is -2.61. The number of rotatable bonds is 6. The Morgan fingerprint density at radius 3 is 2.29 bits per heavy atom. The first kappa shape index (κ1) is 26.2. The maximum atomic E-state index is 13.2. The number of nitrogens with zero attached hydrogens (tertiary/aromatic N) is 4. The highest BCUT2D eigenvalue weighted by atomic mass is 16.6. The van der Waals surface area contributed by atoms with E-state index in [9.17, 15) is 14.4 Å².